The zero-order chi connectivity index (χ0) is 37.1. The average molecular weight is 741 g/mol. The number of thioether (sulfide) groups is 1. The summed E-state index contributed by atoms with van der Waals surface area (Å²) in [5, 5.41) is 5.02. The number of alkyl carbamates (subject to hydrolysis) is 2. The molecule has 0 spiro atoms. The molecule has 3 atom stereocenters. The van der Waals surface area contributed by atoms with E-state index in [2.05, 4.69) is 15.6 Å². The molecule has 1 aromatic heterocycles. The van der Waals surface area contributed by atoms with Gasteiger partial charge in [-0.1, -0.05) is 30.4 Å². The van der Waals surface area contributed by atoms with E-state index in [1.165, 1.54) is 24.6 Å². The lowest BCUT2D eigenvalue weighted by molar-refractivity contribution is -0.124. The molecule has 1 aliphatic heterocycles. The Balaban J connectivity index is 1.39. The number of guanidine groups is 1. The van der Waals surface area contributed by atoms with Crippen molar-refractivity contribution in [2.24, 2.45) is 16.8 Å². The smallest absolute Gasteiger partial charge is 0.414 e. The number of rotatable bonds is 9. The molecule has 5 rings (SSSR count). The van der Waals surface area contributed by atoms with Crippen LogP contribution in [0.1, 0.15) is 85.0 Å². The maximum absolute atomic E-state index is 13.8. The molecule has 2 bridgehead atoms. The Morgan fingerprint density at radius 1 is 0.980 bits per heavy atom. The number of aliphatic imine (C=N–C) groups is 1. The summed E-state index contributed by atoms with van der Waals surface area (Å²) in [5.74, 6) is 3.31. The number of nitrogens with one attached hydrogen (secondary N) is 2. The first-order valence-electron chi connectivity index (χ1n) is 17.2. The van der Waals surface area contributed by atoms with Gasteiger partial charge in [0.15, 0.2) is 0 Å². The maximum atomic E-state index is 13.8. The van der Waals surface area contributed by atoms with E-state index in [4.69, 9.17) is 35.6 Å². The molecule has 0 radical (unpaired) electrons. The van der Waals surface area contributed by atoms with Gasteiger partial charge in [0.2, 0.25) is 5.96 Å². The summed E-state index contributed by atoms with van der Waals surface area (Å²) in [4.78, 5) is 45.7. The van der Waals surface area contributed by atoms with Crippen molar-refractivity contribution in [2.75, 3.05) is 20.8 Å². The van der Waals surface area contributed by atoms with E-state index in [9.17, 15) is 14.4 Å². The fraction of sp³-hybridized carbons (Fsp3) is 0.541. The zero-order valence-electron chi connectivity index (χ0n) is 30.5. The molecule has 3 fully saturated rings. The van der Waals surface area contributed by atoms with Gasteiger partial charge in [0.25, 0.3) is 5.91 Å². The van der Waals surface area contributed by atoms with Gasteiger partial charge in [-0.05, 0) is 109 Å². The number of amides is 3. The highest BCUT2D eigenvalue weighted by Gasteiger charge is 2.48. The van der Waals surface area contributed by atoms with Crippen LogP contribution in [0, 0.1) is 11.8 Å². The second-order valence-electron chi connectivity index (χ2n) is 15.0. The third-order valence-corrected chi connectivity index (χ3v) is 10.0. The minimum absolute atomic E-state index is 0.0785. The highest BCUT2D eigenvalue weighted by molar-refractivity contribution is 8.26. The lowest BCUT2D eigenvalue weighted by Crippen LogP contribution is -2.47. The Labute approximate surface area is 309 Å². The molecule has 1 saturated heterocycles. The number of ether oxygens (including phenoxy) is 4. The number of carbonyl (C=O) groups excluding carboxylic acids is 3. The standard InChI is InChI=1S/C37H48N4O8S2/c1-36(2,3)48-33(43)39-32(40-34(44)49-37(4,5)6)38-13-9-10-23-18-28(24-16-25(45-7)19-26(17-24)46-8)47-29(23)20-30-31(42)41(35(50)51-30)27-15-21-11-12-22(27)14-21/h16-22,27H,9-15H2,1-8H3,(H2,38,39,40,43,44)/b30-20-. The number of fused-ring (bicyclic) bond motifs is 2. The number of carbonyl (C=O) groups is 3. The molecule has 2 aromatic rings. The van der Waals surface area contributed by atoms with Crippen molar-refractivity contribution >= 4 is 58.4 Å². The lowest BCUT2D eigenvalue weighted by atomic mass is 9.94. The van der Waals surface area contributed by atoms with Crippen LogP contribution in [0.4, 0.5) is 9.59 Å². The first-order valence-corrected chi connectivity index (χ1v) is 18.4. The second kappa shape index (κ2) is 15.7. The van der Waals surface area contributed by atoms with Gasteiger partial charge in [-0.3, -0.25) is 25.3 Å². The van der Waals surface area contributed by atoms with Crippen LogP contribution in [-0.2, 0) is 20.7 Å². The molecule has 51 heavy (non-hydrogen) atoms. The summed E-state index contributed by atoms with van der Waals surface area (Å²) >= 11 is 7.05. The molecule has 14 heteroatoms. The van der Waals surface area contributed by atoms with E-state index in [-0.39, 0.29) is 24.5 Å². The van der Waals surface area contributed by atoms with Crippen LogP contribution in [-0.4, -0.2) is 71.3 Å². The van der Waals surface area contributed by atoms with Crippen molar-refractivity contribution in [1.82, 2.24) is 15.5 Å². The minimum Gasteiger partial charge on any atom is -0.497 e. The zero-order valence-corrected chi connectivity index (χ0v) is 32.2. The van der Waals surface area contributed by atoms with E-state index in [0.717, 1.165) is 24.0 Å². The van der Waals surface area contributed by atoms with Crippen LogP contribution in [0.5, 0.6) is 11.5 Å². The van der Waals surface area contributed by atoms with Gasteiger partial charge in [0.05, 0.1) is 19.1 Å². The third kappa shape index (κ3) is 10.1. The lowest BCUT2D eigenvalue weighted by Gasteiger charge is -2.30. The number of hydrogen-bond acceptors (Lipinski definition) is 11. The summed E-state index contributed by atoms with van der Waals surface area (Å²) in [6, 6.07) is 7.57. The van der Waals surface area contributed by atoms with Crippen molar-refractivity contribution in [1.29, 1.82) is 0 Å². The summed E-state index contributed by atoms with van der Waals surface area (Å²) in [6.45, 7) is 10.6. The Hall–Kier alpha value is -4.04. The number of hydrogen-bond donors (Lipinski definition) is 2. The minimum atomic E-state index is -0.768. The molecular formula is C37H48N4O8S2. The van der Waals surface area contributed by atoms with Crippen molar-refractivity contribution in [3.63, 3.8) is 0 Å². The molecule has 3 amide bonds. The van der Waals surface area contributed by atoms with Crippen molar-refractivity contribution in [2.45, 2.75) is 97.3 Å². The number of thiocarbonyl (C=S) groups is 1. The van der Waals surface area contributed by atoms with E-state index < -0.39 is 23.4 Å². The largest absolute Gasteiger partial charge is 0.497 e. The van der Waals surface area contributed by atoms with Gasteiger partial charge in [-0.15, -0.1) is 0 Å². The van der Waals surface area contributed by atoms with Crippen LogP contribution in [0.15, 0.2) is 38.6 Å². The molecule has 2 heterocycles. The number of nitrogens with zero attached hydrogens (tertiary/aromatic N) is 2. The Bertz CT molecular complexity index is 1670. The molecule has 2 N–H and O–H groups in total. The van der Waals surface area contributed by atoms with Gasteiger partial charge >= 0.3 is 12.2 Å². The monoisotopic (exact) mass is 740 g/mol. The fourth-order valence-electron chi connectivity index (χ4n) is 6.64. The number of aryl methyl sites for hydroxylation is 1. The summed E-state index contributed by atoms with van der Waals surface area (Å²) < 4.78 is 28.7. The van der Waals surface area contributed by atoms with Crippen LogP contribution >= 0.6 is 24.0 Å². The average Bonchev–Trinajstić information content (AvgIpc) is 3.81. The van der Waals surface area contributed by atoms with Crippen molar-refractivity contribution in [3.05, 3.63) is 40.5 Å². The van der Waals surface area contributed by atoms with E-state index in [0.29, 0.717) is 56.9 Å². The normalized spacial score (nSPS) is 20.8. The van der Waals surface area contributed by atoms with Gasteiger partial charge in [0, 0.05) is 30.3 Å². The van der Waals surface area contributed by atoms with Crippen LogP contribution in [0.2, 0.25) is 0 Å². The Morgan fingerprint density at radius 2 is 1.61 bits per heavy atom. The van der Waals surface area contributed by atoms with Gasteiger partial charge in [0.1, 0.15) is 38.5 Å². The fourth-order valence-corrected chi connectivity index (χ4v) is 7.98. The molecule has 12 nitrogen and oxygen atoms in total. The van der Waals surface area contributed by atoms with Crippen molar-refractivity contribution < 1.29 is 37.7 Å². The quantitative estimate of drug-likeness (QED) is 0.0865. The highest BCUT2D eigenvalue weighted by atomic mass is 32.2. The van der Waals surface area contributed by atoms with Crippen molar-refractivity contribution in [3.8, 4) is 22.8 Å². The van der Waals surface area contributed by atoms with Crippen LogP contribution in [0.3, 0.4) is 0 Å². The highest BCUT2D eigenvalue weighted by Crippen LogP contribution is 2.49. The van der Waals surface area contributed by atoms with E-state index in [1.54, 1.807) is 67.9 Å². The van der Waals surface area contributed by atoms with Crippen LogP contribution < -0.4 is 20.1 Å². The molecule has 3 unspecified atom stereocenters. The predicted octanol–water partition coefficient (Wildman–Crippen LogP) is 7.69. The third-order valence-electron chi connectivity index (χ3n) is 8.71. The summed E-state index contributed by atoms with van der Waals surface area (Å²) in [5.41, 5.74) is 0.0711. The first-order chi connectivity index (χ1) is 24.0. The number of benzene rings is 1. The van der Waals surface area contributed by atoms with Gasteiger partial charge < -0.3 is 23.4 Å². The van der Waals surface area contributed by atoms with Crippen LogP contribution in [0.25, 0.3) is 17.4 Å². The SMILES string of the molecule is COc1cc(OC)cc(-c2cc(CCCN=C(NC(=O)OC(C)(C)C)NC(=O)OC(C)(C)C)c(/C=C3\SC(=S)N(C4CC5CCC4C5)C3=O)o2)c1. The van der Waals surface area contributed by atoms with E-state index >= 15 is 0 Å². The summed E-state index contributed by atoms with van der Waals surface area (Å²) in [6.07, 6.45) is 5.80. The molecule has 276 valence electrons. The Morgan fingerprint density at radius 3 is 2.14 bits per heavy atom. The molecule has 3 aliphatic rings. The molecule has 2 aliphatic carbocycles. The van der Waals surface area contributed by atoms with E-state index in [1.807, 2.05) is 23.1 Å². The second-order valence-corrected chi connectivity index (χ2v) is 16.7. The number of furan rings is 1. The maximum Gasteiger partial charge on any atom is 0.414 e. The number of methoxy groups -OCH3 is 2. The topological polar surface area (TPSA) is 141 Å². The molecule has 2 saturated carbocycles. The van der Waals surface area contributed by atoms with Gasteiger partial charge in [-0.25, -0.2) is 9.59 Å². The Kier molecular flexibility index (Phi) is 11.7. The molecule has 1 aromatic carbocycles. The van der Waals surface area contributed by atoms with Gasteiger partial charge in [-0.2, -0.15) is 0 Å². The molecular weight excluding hydrogens is 693 g/mol. The first kappa shape index (κ1) is 38.2. The summed E-state index contributed by atoms with van der Waals surface area (Å²) in [7, 11) is 3.17. The predicted molar refractivity (Wildman–Crippen MR) is 201 cm³/mol.